The molecule has 0 fully saturated rings. The van der Waals surface area contributed by atoms with E-state index in [2.05, 4.69) is 30.8 Å². The second-order valence-corrected chi connectivity index (χ2v) is 11.2. The maximum absolute atomic E-state index is 12.1. The third kappa shape index (κ3) is 6.80. The Labute approximate surface area is 269 Å². The minimum absolute atomic E-state index is 0.0248. The summed E-state index contributed by atoms with van der Waals surface area (Å²) >= 11 is 3.98. The van der Waals surface area contributed by atoms with Crippen LogP contribution >= 0.6 is 12.6 Å². The van der Waals surface area contributed by atoms with Crippen molar-refractivity contribution in [1.82, 2.24) is 4.90 Å². The van der Waals surface area contributed by atoms with E-state index in [4.69, 9.17) is 9.84 Å². The molecule has 0 unspecified atom stereocenters. The first-order valence-electron chi connectivity index (χ1n) is 14.7. The van der Waals surface area contributed by atoms with Gasteiger partial charge in [0.25, 0.3) is 0 Å². The molecular formula is C38H35NO5S. The summed E-state index contributed by atoms with van der Waals surface area (Å²) in [5.41, 5.74) is 7.22. The average Bonchev–Trinajstić information content (AvgIpc) is 3.48. The van der Waals surface area contributed by atoms with E-state index < -0.39 is 23.7 Å². The topological polar surface area (TPSA) is 87.1 Å². The van der Waals surface area contributed by atoms with Crippen LogP contribution in [0.25, 0.3) is 11.1 Å². The van der Waals surface area contributed by atoms with Crippen molar-refractivity contribution in [2.45, 2.75) is 24.7 Å². The van der Waals surface area contributed by atoms with Gasteiger partial charge in [-0.25, -0.2) is 9.59 Å². The van der Waals surface area contributed by atoms with E-state index in [0.29, 0.717) is 0 Å². The molecule has 0 saturated carbocycles. The lowest BCUT2D eigenvalue weighted by atomic mass is 9.80. The molecule has 228 valence electrons. The van der Waals surface area contributed by atoms with E-state index in [1.54, 1.807) is 0 Å². The first-order chi connectivity index (χ1) is 21.8. The number of aliphatic carboxylic acids is 1. The zero-order valence-corrected chi connectivity index (χ0v) is 25.8. The number of hydrogen-bond acceptors (Lipinski definition) is 5. The van der Waals surface area contributed by atoms with Crippen LogP contribution in [0.3, 0.4) is 0 Å². The zero-order valence-electron chi connectivity index (χ0n) is 24.9. The largest absolute Gasteiger partial charge is 0.480 e. The Morgan fingerprint density at radius 2 is 1.24 bits per heavy atom. The SMILES string of the molecule is CN(C(=O)OCc1cccc2c1Cc1ccccc1-2)[C@@H](CS)C(=O)O.OC(c1ccccc1)(c1ccccc1)c1ccccc1. The van der Waals surface area contributed by atoms with Gasteiger partial charge in [-0.2, -0.15) is 12.6 Å². The Morgan fingerprint density at radius 3 is 1.76 bits per heavy atom. The van der Waals surface area contributed by atoms with Crippen LogP contribution in [-0.2, 0) is 28.2 Å². The molecule has 1 aliphatic rings. The van der Waals surface area contributed by atoms with E-state index in [1.807, 2.05) is 115 Å². The van der Waals surface area contributed by atoms with E-state index >= 15 is 0 Å². The lowest BCUT2D eigenvalue weighted by Gasteiger charge is -2.30. The van der Waals surface area contributed by atoms with Gasteiger partial charge in [-0.05, 0) is 50.9 Å². The number of likely N-dealkylation sites (N-methyl/N-ethyl adjacent to an activating group) is 1. The Kier molecular flexibility index (Phi) is 10.0. The number of ether oxygens (including phenoxy) is 1. The molecule has 0 saturated heterocycles. The maximum atomic E-state index is 12.1. The highest BCUT2D eigenvalue weighted by molar-refractivity contribution is 7.80. The van der Waals surface area contributed by atoms with E-state index in [0.717, 1.165) is 44.7 Å². The standard InChI is InChI=1S/C19H19NO4S.C19H16O/c1-20(17(11-25)18(21)22)19(23)24-10-13-6-4-8-15-14-7-3-2-5-12(14)9-16(13)15;20-19(16-10-4-1-5-11-16,17-12-6-2-7-13-17)18-14-8-3-9-15-18/h2-8,17,25H,9-11H2,1H3,(H,21,22);1-15,20H/t17-;/m0./s1. The van der Waals surface area contributed by atoms with Crippen molar-refractivity contribution >= 4 is 24.7 Å². The number of aliphatic hydroxyl groups is 1. The number of amides is 1. The molecule has 6 rings (SSSR count). The molecule has 0 radical (unpaired) electrons. The fourth-order valence-electron chi connectivity index (χ4n) is 5.63. The average molecular weight is 618 g/mol. The van der Waals surface area contributed by atoms with Crippen LogP contribution in [0.1, 0.15) is 33.4 Å². The van der Waals surface area contributed by atoms with Crippen molar-refractivity contribution < 1.29 is 24.5 Å². The monoisotopic (exact) mass is 617 g/mol. The molecule has 0 spiro atoms. The van der Waals surface area contributed by atoms with Crippen LogP contribution in [0.15, 0.2) is 133 Å². The first-order valence-corrected chi connectivity index (χ1v) is 15.3. The van der Waals surface area contributed by atoms with Gasteiger partial charge in [0.1, 0.15) is 18.2 Å². The Balaban J connectivity index is 0.000000182. The number of fused-ring (bicyclic) bond motifs is 3. The molecule has 0 aromatic heterocycles. The number of nitrogens with zero attached hydrogens (tertiary/aromatic N) is 1. The maximum Gasteiger partial charge on any atom is 0.410 e. The molecule has 1 aliphatic carbocycles. The second kappa shape index (κ2) is 14.3. The van der Waals surface area contributed by atoms with Crippen molar-refractivity contribution in [2.24, 2.45) is 0 Å². The van der Waals surface area contributed by atoms with Gasteiger partial charge in [0.05, 0.1) is 0 Å². The number of rotatable bonds is 8. The molecular weight excluding hydrogens is 582 g/mol. The first kappa shape index (κ1) is 31.6. The fourth-order valence-corrected chi connectivity index (χ4v) is 6.03. The summed E-state index contributed by atoms with van der Waals surface area (Å²) in [4.78, 5) is 24.3. The number of carbonyl (C=O) groups is 2. The molecule has 45 heavy (non-hydrogen) atoms. The summed E-state index contributed by atoms with van der Waals surface area (Å²) in [7, 11) is 1.41. The molecule has 0 heterocycles. The van der Waals surface area contributed by atoms with E-state index in [9.17, 15) is 14.7 Å². The van der Waals surface area contributed by atoms with Gasteiger partial charge in [0.15, 0.2) is 0 Å². The van der Waals surface area contributed by atoms with Crippen molar-refractivity contribution in [3.8, 4) is 11.1 Å². The van der Waals surface area contributed by atoms with Crippen molar-refractivity contribution in [2.75, 3.05) is 12.8 Å². The Bertz CT molecular complexity index is 1650. The molecule has 7 heteroatoms. The zero-order chi connectivity index (χ0) is 31.8. The molecule has 2 N–H and O–H groups in total. The lowest BCUT2D eigenvalue weighted by molar-refractivity contribution is -0.141. The van der Waals surface area contributed by atoms with Crippen molar-refractivity contribution in [3.63, 3.8) is 0 Å². The third-order valence-electron chi connectivity index (χ3n) is 8.09. The Morgan fingerprint density at radius 1 is 0.756 bits per heavy atom. The summed E-state index contributed by atoms with van der Waals surface area (Å²) < 4.78 is 5.34. The van der Waals surface area contributed by atoms with Gasteiger partial charge in [0, 0.05) is 12.8 Å². The molecule has 5 aromatic carbocycles. The van der Waals surface area contributed by atoms with E-state index in [-0.39, 0.29) is 12.4 Å². The number of thiol groups is 1. The lowest BCUT2D eigenvalue weighted by Crippen LogP contribution is -2.43. The van der Waals surface area contributed by atoms with Gasteiger partial charge in [-0.1, -0.05) is 133 Å². The van der Waals surface area contributed by atoms with Gasteiger partial charge < -0.3 is 14.9 Å². The quantitative estimate of drug-likeness (QED) is 0.124. The number of carbonyl (C=O) groups excluding carboxylic acids is 1. The van der Waals surface area contributed by atoms with Crippen molar-refractivity contribution in [3.05, 3.63) is 167 Å². The summed E-state index contributed by atoms with van der Waals surface area (Å²) in [6.07, 6.45) is 0.137. The number of carboxylic acids is 1. The minimum atomic E-state index is -1.12. The molecule has 1 atom stereocenters. The highest BCUT2D eigenvalue weighted by atomic mass is 32.1. The number of hydrogen-bond donors (Lipinski definition) is 3. The van der Waals surface area contributed by atoms with Crippen LogP contribution in [0.5, 0.6) is 0 Å². The molecule has 6 nitrogen and oxygen atoms in total. The number of carboxylic acid groups (broad SMARTS) is 1. The number of benzene rings is 5. The summed E-state index contributed by atoms with van der Waals surface area (Å²) in [5.74, 6) is -1.08. The van der Waals surface area contributed by atoms with Gasteiger partial charge in [-0.15, -0.1) is 0 Å². The Hall–Kier alpha value is -4.85. The van der Waals surface area contributed by atoms with Crippen LogP contribution in [-0.4, -0.2) is 46.0 Å². The highest BCUT2D eigenvalue weighted by Crippen LogP contribution is 2.38. The molecule has 5 aromatic rings. The molecule has 1 amide bonds. The van der Waals surface area contributed by atoms with Crippen LogP contribution in [0.4, 0.5) is 4.79 Å². The normalized spacial score (nSPS) is 12.2. The van der Waals surface area contributed by atoms with Crippen LogP contribution < -0.4 is 0 Å². The van der Waals surface area contributed by atoms with Crippen LogP contribution in [0.2, 0.25) is 0 Å². The van der Waals surface area contributed by atoms with Crippen LogP contribution in [0, 0.1) is 0 Å². The van der Waals surface area contributed by atoms with Gasteiger partial charge >= 0.3 is 12.1 Å². The van der Waals surface area contributed by atoms with Crippen molar-refractivity contribution in [1.29, 1.82) is 0 Å². The third-order valence-corrected chi connectivity index (χ3v) is 8.43. The minimum Gasteiger partial charge on any atom is -0.480 e. The summed E-state index contributed by atoms with van der Waals surface area (Å²) in [5, 5.41) is 20.5. The molecule has 0 aliphatic heterocycles. The smallest absolute Gasteiger partial charge is 0.410 e. The second-order valence-electron chi connectivity index (χ2n) is 10.8. The molecule has 0 bridgehead atoms. The van der Waals surface area contributed by atoms with E-state index in [1.165, 1.54) is 18.2 Å². The fraction of sp³-hybridized carbons (Fsp3) is 0.158. The predicted molar refractivity (Wildman–Crippen MR) is 179 cm³/mol. The predicted octanol–water partition coefficient (Wildman–Crippen LogP) is 7.18. The van der Waals surface area contributed by atoms with Gasteiger partial charge in [-0.3, -0.25) is 4.90 Å². The van der Waals surface area contributed by atoms with Gasteiger partial charge in [0.2, 0.25) is 0 Å². The summed E-state index contributed by atoms with van der Waals surface area (Å²) in [6.45, 7) is 0.110. The summed E-state index contributed by atoms with van der Waals surface area (Å²) in [6, 6.07) is 42.5. The highest BCUT2D eigenvalue weighted by Gasteiger charge is 2.33.